The Morgan fingerprint density at radius 3 is 2.67 bits per heavy atom. The number of aryl methyl sites for hydroxylation is 1. The Balaban J connectivity index is 2.41. The van der Waals surface area contributed by atoms with E-state index in [-0.39, 0.29) is 24.1 Å². The second-order valence-corrected chi connectivity index (χ2v) is 5.52. The molecule has 0 spiro atoms. The summed E-state index contributed by atoms with van der Waals surface area (Å²) < 4.78 is 1.78. The number of aliphatic carboxylic acids is 1. The molecule has 0 radical (unpaired) electrons. The molecule has 0 saturated carbocycles. The minimum absolute atomic E-state index is 0.0979. The SMILES string of the molecule is CC(CCCC(N)CCC(=O)O)c1cc([N+](=O)[O-])cn1C. The fourth-order valence-corrected chi connectivity index (χ4v) is 2.44. The van der Waals surface area contributed by atoms with Crippen molar-refractivity contribution in [1.82, 2.24) is 4.57 Å². The summed E-state index contributed by atoms with van der Waals surface area (Å²) in [6, 6.07) is 1.51. The highest BCUT2D eigenvalue weighted by molar-refractivity contribution is 5.66. The van der Waals surface area contributed by atoms with Gasteiger partial charge in [-0.05, 0) is 25.2 Å². The van der Waals surface area contributed by atoms with Gasteiger partial charge in [0.25, 0.3) is 5.69 Å². The van der Waals surface area contributed by atoms with Gasteiger partial charge in [0, 0.05) is 31.3 Å². The zero-order valence-corrected chi connectivity index (χ0v) is 12.5. The third-order valence-electron chi connectivity index (χ3n) is 3.69. The van der Waals surface area contributed by atoms with Crippen LogP contribution in [-0.4, -0.2) is 26.6 Å². The summed E-state index contributed by atoms with van der Waals surface area (Å²) in [6.45, 7) is 2.03. The lowest BCUT2D eigenvalue weighted by molar-refractivity contribution is -0.384. The quantitative estimate of drug-likeness (QED) is 0.537. The van der Waals surface area contributed by atoms with Crippen LogP contribution in [0.25, 0.3) is 0 Å². The smallest absolute Gasteiger partial charge is 0.303 e. The highest BCUT2D eigenvalue weighted by Gasteiger charge is 2.17. The molecule has 0 bridgehead atoms. The van der Waals surface area contributed by atoms with Crippen LogP contribution in [0.4, 0.5) is 5.69 Å². The summed E-state index contributed by atoms with van der Waals surface area (Å²) >= 11 is 0. The molecule has 0 aliphatic heterocycles. The molecule has 0 aliphatic rings. The van der Waals surface area contributed by atoms with Crippen molar-refractivity contribution in [3.05, 3.63) is 28.1 Å². The standard InChI is InChI=1S/C14H23N3O4/c1-10(4-3-5-11(15)6-7-14(18)19)13-8-12(17(20)21)9-16(13)2/h8-11H,3-7,15H2,1-2H3,(H,18,19). The van der Waals surface area contributed by atoms with Crippen molar-refractivity contribution in [3.63, 3.8) is 0 Å². The van der Waals surface area contributed by atoms with Gasteiger partial charge in [0.15, 0.2) is 0 Å². The molecule has 7 nitrogen and oxygen atoms in total. The molecule has 1 heterocycles. The largest absolute Gasteiger partial charge is 0.481 e. The van der Waals surface area contributed by atoms with Crippen LogP contribution in [0.1, 0.15) is 50.6 Å². The van der Waals surface area contributed by atoms with E-state index >= 15 is 0 Å². The maximum absolute atomic E-state index is 10.7. The van der Waals surface area contributed by atoms with Crippen molar-refractivity contribution in [3.8, 4) is 0 Å². The van der Waals surface area contributed by atoms with E-state index in [0.717, 1.165) is 25.0 Å². The molecule has 1 aromatic heterocycles. The molecule has 1 aromatic rings. The maximum atomic E-state index is 10.7. The fourth-order valence-electron chi connectivity index (χ4n) is 2.44. The molecule has 1 rings (SSSR count). The lowest BCUT2D eigenvalue weighted by Crippen LogP contribution is -2.21. The molecule has 0 aromatic carbocycles. The van der Waals surface area contributed by atoms with Crippen molar-refractivity contribution < 1.29 is 14.8 Å². The number of carbonyl (C=O) groups is 1. The van der Waals surface area contributed by atoms with Gasteiger partial charge in [-0.1, -0.05) is 13.3 Å². The monoisotopic (exact) mass is 297 g/mol. The van der Waals surface area contributed by atoms with Crippen LogP contribution in [0.15, 0.2) is 12.3 Å². The number of hydrogen-bond acceptors (Lipinski definition) is 4. The van der Waals surface area contributed by atoms with Gasteiger partial charge in [-0.3, -0.25) is 14.9 Å². The minimum Gasteiger partial charge on any atom is -0.481 e. The molecule has 0 amide bonds. The van der Waals surface area contributed by atoms with E-state index in [1.54, 1.807) is 17.7 Å². The Morgan fingerprint density at radius 1 is 1.48 bits per heavy atom. The number of rotatable bonds is 9. The van der Waals surface area contributed by atoms with Crippen LogP contribution in [0, 0.1) is 10.1 Å². The predicted molar refractivity (Wildman–Crippen MR) is 79.2 cm³/mol. The fraction of sp³-hybridized carbons (Fsp3) is 0.643. The number of nitrogens with two attached hydrogens (primary N) is 1. The van der Waals surface area contributed by atoms with Gasteiger partial charge in [0.2, 0.25) is 0 Å². The molecule has 118 valence electrons. The molecule has 2 atom stereocenters. The molecular weight excluding hydrogens is 274 g/mol. The topological polar surface area (TPSA) is 111 Å². The van der Waals surface area contributed by atoms with Gasteiger partial charge in [-0.15, -0.1) is 0 Å². The van der Waals surface area contributed by atoms with E-state index in [4.69, 9.17) is 10.8 Å². The molecule has 3 N–H and O–H groups in total. The van der Waals surface area contributed by atoms with Gasteiger partial charge < -0.3 is 15.4 Å². The molecule has 21 heavy (non-hydrogen) atoms. The Hall–Kier alpha value is -1.89. The summed E-state index contributed by atoms with van der Waals surface area (Å²) in [4.78, 5) is 20.8. The van der Waals surface area contributed by atoms with Crippen molar-refractivity contribution in [1.29, 1.82) is 0 Å². The predicted octanol–water partition coefficient (Wildman–Crippen LogP) is 2.40. The Kier molecular flexibility index (Phi) is 6.36. The maximum Gasteiger partial charge on any atom is 0.303 e. The number of nitrogens with zero attached hydrogens (tertiary/aromatic N) is 2. The first kappa shape index (κ1) is 17.2. The summed E-state index contributed by atoms with van der Waals surface area (Å²) in [7, 11) is 1.80. The molecular formula is C14H23N3O4. The normalized spacial score (nSPS) is 13.9. The third kappa shape index (κ3) is 5.55. The van der Waals surface area contributed by atoms with Crippen LogP contribution >= 0.6 is 0 Å². The van der Waals surface area contributed by atoms with E-state index in [1.165, 1.54) is 6.20 Å². The first-order valence-corrected chi connectivity index (χ1v) is 7.09. The van der Waals surface area contributed by atoms with Gasteiger partial charge in [-0.25, -0.2) is 0 Å². The summed E-state index contributed by atoms with van der Waals surface area (Å²) in [5.74, 6) is -0.620. The highest BCUT2D eigenvalue weighted by Crippen LogP contribution is 2.26. The highest BCUT2D eigenvalue weighted by atomic mass is 16.6. The molecule has 0 aliphatic carbocycles. The molecule has 7 heteroatoms. The van der Waals surface area contributed by atoms with E-state index < -0.39 is 10.9 Å². The zero-order chi connectivity index (χ0) is 16.0. The van der Waals surface area contributed by atoms with Gasteiger partial charge in [0.05, 0.1) is 11.1 Å². The zero-order valence-electron chi connectivity index (χ0n) is 12.5. The van der Waals surface area contributed by atoms with Crippen molar-refractivity contribution in [2.75, 3.05) is 0 Å². The summed E-state index contributed by atoms with van der Waals surface area (Å²) in [6.07, 6.45) is 4.62. The molecule has 2 unspecified atom stereocenters. The number of carboxylic acids is 1. The number of hydrogen-bond donors (Lipinski definition) is 2. The van der Waals surface area contributed by atoms with Gasteiger partial charge in [0.1, 0.15) is 0 Å². The molecule has 0 fully saturated rings. The third-order valence-corrected chi connectivity index (χ3v) is 3.69. The average Bonchev–Trinajstić information content (AvgIpc) is 2.78. The van der Waals surface area contributed by atoms with Crippen LogP contribution in [0.2, 0.25) is 0 Å². The average molecular weight is 297 g/mol. The first-order valence-electron chi connectivity index (χ1n) is 7.09. The van der Waals surface area contributed by atoms with Crippen molar-refractivity contribution in [2.24, 2.45) is 12.8 Å². The number of nitro groups is 1. The van der Waals surface area contributed by atoms with Crippen LogP contribution in [-0.2, 0) is 11.8 Å². The van der Waals surface area contributed by atoms with Crippen LogP contribution < -0.4 is 5.73 Å². The number of aromatic nitrogens is 1. The van der Waals surface area contributed by atoms with E-state index in [9.17, 15) is 14.9 Å². The Morgan fingerprint density at radius 2 is 2.14 bits per heavy atom. The summed E-state index contributed by atoms with van der Waals surface area (Å²) in [5.41, 5.74) is 6.90. The minimum atomic E-state index is -0.824. The van der Waals surface area contributed by atoms with Crippen LogP contribution in [0.3, 0.4) is 0 Å². The lowest BCUT2D eigenvalue weighted by Gasteiger charge is -2.14. The van der Waals surface area contributed by atoms with Crippen molar-refractivity contribution in [2.45, 2.75) is 51.0 Å². The number of carboxylic acid groups (broad SMARTS) is 1. The second kappa shape index (κ2) is 7.78. The summed E-state index contributed by atoms with van der Waals surface area (Å²) in [5, 5.41) is 19.3. The van der Waals surface area contributed by atoms with Gasteiger partial charge in [-0.2, -0.15) is 0 Å². The van der Waals surface area contributed by atoms with Gasteiger partial charge >= 0.3 is 5.97 Å². The molecule has 0 saturated heterocycles. The van der Waals surface area contributed by atoms with E-state index in [1.807, 2.05) is 6.92 Å². The first-order chi connectivity index (χ1) is 9.81. The Bertz CT molecular complexity index is 498. The van der Waals surface area contributed by atoms with E-state index in [0.29, 0.717) is 6.42 Å². The van der Waals surface area contributed by atoms with Crippen LogP contribution in [0.5, 0.6) is 0 Å². The second-order valence-electron chi connectivity index (χ2n) is 5.52. The Labute approximate surface area is 123 Å². The lowest BCUT2D eigenvalue weighted by atomic mass is 9.97. The van der Waals surface area contributed by atoms with E-state index in [2.05, 4.69) is 0 Å². The van der Waals surface area contributed by atoms with Crippen molar-refractivity contribution >= 4 is 11.7 Å².